The van der Waals surface area contributed by atoms with E-state index in [4.69, 9.17) is 0 Å². The molecule has 1 heterocycles. The molecule has 0 aliphatic rings. The van der Waals surface area contributed by atoms with Crippen molar-refractivity contribution in [3.8, 4) is 0 Å². The Morgan fingerprint density at radius 1 is 1.42 bits per heavy atom. The van der Waals surface area contributed by atoms with Gasteiger partial charge in [0.05, 0.1) is 5.60 Å². The highest BCUT2D eigenvalue weighted by Gasteiger charge is 2.20. The molecule has 0 bridgehead atoms. The quantitative estimate of drug-likeness (QED) is 0.631. The van der Waals surface area contributed by atoms with Gasteiger partial charge in [-0.25, -0.2) is 4.98 Å². The summed E-state index contributed by atoms with van der Waals surface area (Å²) in [5.74, 6) is -0.0382. The number of pyridine rings is 1. The number of Topliss-reactive ketones (excluding diaryl/α,β-unsaturated/α-hetero) is 1. The van der Waals surface area contributed by atoms with Crippen LogP contribution in [0.5, 0.6) is 0 Å². The molecule has 0 fully saturated rings. The summed E-state index contributed by atoms with van der Waals surface area (Å²) in [6.45, 7) is 11.4. The first-order chi connectivity index (χ1) is 8.73. The van der Waals surface area contributed by atoms with E-state index in [0.29, 0.717) is 18.5 Å². The number of hydrogen-bond acceptors (Lipinski definition) is 3. The average Bonchev–Trinajstić information content (AvgIpc) is 2.26. The molecule has 3 heteroatoms. The van der Waals surface area contributed by atoms with Crippen LogP contribution < -0.4 is 0 Å². The highest BCUT2D eigenvalue weighted by molar-refractivity contribution is 5.95. The molecule has 3 nitrogen and oxygen atoms in total. The van der Waals surface area contributed by atoms with E-state index in [9.17, 15) is 9.90 Å². The zero-order valence-electron chi connectivity index (χ0n) is 12.3. The Bertz CT molecular complexity index is 469. The molecule has 0 aliphatic heterocycles. The topological polar surface area (TPSA) is 50.2 Å². The second-order valence-corrected chi connectivity index (χ2v) is 5.55. The average molecular weight is 261 g/mol. The van der Waals surface area contributed by atoms with Crippen LogP contribution in [0.1, 0.15) is 54.9 Å². The van der Waals surface area contributed by atoms with Crippen molar-refractivity contribution < 1.29 is 9.90 Å². The van der Waals surface area contributed by atoms with Gasteiger partial charge in [-0.05, 0) is 51.3 Å². The van der Waals surface area contributed by atoms with E-state index in [2.05, 4.69) is 11.6 Å². The molecule has 1 aromatic heterocycles. The molecule has 0 amide bonds. The Morgan fingerprint density at radius 3 is 2.58 bits per heavy atom. The molecule has 1 atom stereocenters. The zero-order valence-corrected chi connectivity index (χ0v) is 12.3. The third-order valence-corrected chi connectivity index (χ3v) is 3.19. The Kier molecular flexibility index (Phi) is 5.01. The number of carbonyl (C=O) groups is 1. The minimum atomic E-state index is -0.784. The fourth-order valence-electron chi connectivity index (χ4n) is 2.03. The highest BCUT2D eigenvalue weighted by atomic mass is 16.3. The molecule has 1 rings (SSSR count). The predicted molar refractivity (Wildman–Crippen MR) is 77.3 cm³/mol. The fourth-order valence-corrected chi connectivity index (χ4v) is 2.03. The van der Waals surface area contributed by atoms with Crippen molar-refractivity contribution >= 4 is 5.78 Å². The lowest BCUT2D eigenvalue weighted by atomic mass is 9.92. The lowest BCUT2D eigenvalue weighted by Crippen LogP contribution is -2.23. The molecule has 1 N–H and O–H groups in total. The van der Waals surface area contributed by atoms with E-state index >= 15 is 0 Å². The molecule has 104 valence electrons. The molecule has 19 heavy (non-hydrogen) atoms. The molecule has 1 aromatic rings. The number of aryl methyl sites for hydroxylation is 2. The number of rotatable bonds is 6. The molecule has 0 aliphatic carbocycles. The van der Waals surface area contributed by atoms with Crippen molar-refractivity contribution in [2.75, 3.05) is 0 Å². The molecule has 0 saturated carbocycles. The molecule has 0 spiro atoms. The van der Waals surface area contributed by atoms with Crippen LogP contribution in [0.25, 0.3) is 0 Å². The number of ketones is 1. The Hall–Kier alpha value is -1.48. The lowest BCUT2D eigenvalue weighted by molar-refractivity contribution is 0.0556. The van der Waals surface area contributed by atoms with Crippen LogP contribution in [-0.4, -0.2) is 21.5 Å². The van der Waals surface area contributed by atoms with Crippen molar-refractivity contribution in [1.82, 2.24) is 4.98 Å². The van der Waals surface area contributed by atoms with Crippen LogP contribution in [0.4, 0.5) is 0 Å². The van der Waals surface area contributed by atoms with Crippen molar-refractivity contribution in [2.45, 2.75) is 52.6 Å². The van der Waals surface area contributed by atoms with Crippen molar-refractivity contribution in [1.29, 1.82) is 0 Å². The van der Waals surface area contributed by atoms with Crippen LogP contribution in [0, 0.1) is 13.8 Å². The molecule has 0 radical (unpaired) electrons. The minimum absolute atomic E-state index is 0.0382. The Labute approximate surface area is 115 Å². The molecule has 0 saturated heterocycles. The standard InChI is InChI=1S/C16H23NO2/c1-6-16(5,19)10-12(3)9-15(18)14-8-11(2)7-13(4)17-14/h7-8,19H,3,6,9-10H2,1-2,4-5H3. The van der Waals surface area contributed by atoms with E-state index in [-0.39, 0.29) is 12.2 Å². The predicted octanol–water partition coefficient (Wildman–Crippen LogP) is 3.38. The van der Waals surface area contributed by atoms with Crippen LogP contribution in [0.2, 0.25) is 0 Å². The van der Waals surface area contributed by atoms with Gasteiger partial charge < -0.3 is 5.11 Å². The van der Waals surface area contributed by atoms with Gasteiger partial charge in [-0.3, -0.25) is 4.79 Å². The third kappa shape index (κ3) is 4.95. The number of aromatic nitrogens is 1. The van der Waals surface area contributed by atoms with Gasteiger partial charge in [-0.1, -0.05) is 19.1 Å². The summed E-state index contributed by atoms with van der Waals surface area (Å²) in [5.41, 5.74) is 2.32. The first-order valence-electron chi connectivity index (χ1n) is 6.61. The summed E-state index contributed by atoms with van der Waals surface area (Å²) in [6, 6.07) is 3.73. The summed E-state index contributed by atoms with van der Waals surface area (Å²) in [4.78, 5) is 16.4. The number of hydrogen-bond donors (Lipinski definition) is 1. The molecule has 1 unspecified atom stereocenters. The highest BCUT2D eigenvalue weighted by Crippen LogP contribution is 2.21. The zero-order chi connectivity index (χ0) is 14.6. The van der Waals surface area contributed by atoms with Crippen LogP contribution in [-0.2, 0) is 0 Å². The smallest absolute Gasteiger partial charge is 0.185 e. The van der Waals surface area contributed by atoms with Gasteiger partial charge in [-0.2, -0.15) is 0 Å². The van der Waals surface area contributed by atoms with E-state index in [1.807, 2.05) is 26.8 Å². The van der Waals surface area contributed by atoms with Gasteiger partial charge in [0, 0.05) is 12.1 Å². The van der Waals surface area contributed by atoms with Gasteiger partial charge >= 0.3 is 0 Å². The van der Waals surface area contributed by atoms with E-state index in [0.717, 1.165) is 16.8 Å². The monoisotopic (exact) mass is 261 g/mol. The lowest BCUT2D eigenvalue weighted by Gasteiger charge is -2.22. The summed E-state index contributed by atoms with van der Waals surface area (Å²) in [5, 5.41) is 9.98. The number of nitrogens with zero attached hydrogens (tertiary/aromatic N) is 1. The fraction of sp³-hybridized carbons (Fsp3) is 0.500. The van der Waals surface area contributed by atoms with Crippen LogP contribution >= 0.6 is 0 Å². The number of carbonyl (C=O) groups excluding carboxylic acids is 1. The van der Waals surface area contributed by atoms with Gasteiger partial charge in [0.1, 0.15) is 5.69 Å². The van der Waals surface area contributed by atoms with Crippen molar-refractivity contribution in [3.05, 3.63) is 41.2 Å². The number of aliphatic hydroxyl groups is 1. The van der Waals surface area contributed by atoms with Gasteiger partial charge in [0.25, 0.3) is 0 Å². The van der Waals surface area contributed by atoms with Crippen LogP contribution in [0.3, 0.4) is 0 Å². The maximum Gasteiger partial charge on any atom is 0.185 e. The molecular weight excluding hydrogens is 238 g/mol. The van der Waals surface area contributed by atoms with E-state index < -0.39 is 5.60 Å². The first kappa shape index (κ1) is 15.6. The van der Waals surface area contributed by atoms with Gasteiger partial charge in [0.2, 0.25) is 0 Å². The maximum absolute atomic E-state index is 12.1. The van der Waals surface area contributed by atoms with Crippen molar-refractivity contribution in [2.24, 2.45) is 0 Å². The van der Waals surface area contributed by atoms with Gasteiger partial charge in [-0.15, -0.1) is 0 Å². The van der Waals surface area contributed by atoms with Gasteiger partial charge in [0.15, 0.2) is 5.78 Å². The maximum atomic E-state index is 12.1. The Morgan fingerprint density at radius 2 is 2.05 bits per heavy atom. The Balaban J connectivity index is 2.72. The second kappa shape index (κ2) is 6.11. The summed E-state index contributed by atoms with van der Waals surface area (Å²) < 4.78 is 0. The van der Waals surface area contributed by atoms with Crippen molar-refractivity contribution in [3.63, 3.8) is 0 Å². The summed E-state index contributed by atoms with van der Waals surface area (Å²) >= 11 is 0. The molecule has 0 aromatic carbocycles. The normalized spacial score (nSPS) is 13.9. The summed E-state index contributed by atoms with van der Waals surface area (Å²) in [6.07, 6.45) is 1.33. The van der Waals surface area contributed by atoms with E-state index in [1.165, 1.54) is 0 Å². The molecular formula is C16H23NO2. The van der Waals surface area contributed by atoms with Crippen LogP contribution in [0.15, 0.2) is 24.3 Å². The minimum Gasteiger partial charge on any atom is -0.390 e. The largest absolute Gasteiger partial charge is 0.390 e. The summed E-state index contributed by atoms with van der Waals surface area (Å²) in [7, 11) is 0. The SMILES string of the molecule is C=C(CC(=O)c1cc(C)cc(C)n1)CC(C)(O)CC. The third-order valence-electron chi connectivity index (χ3n) is 3.19. The second-order valence-electron chi connectivity index (χ2n) is 5.55. The van der Waals surface area contributed by atoms with E-state index in [1.54, 1.807) is 13.0 Å². The first-order valence-corrected chi connectivity index (χ1v) is 6.61.